The summed E-state index contributed by atoms with van der Waals surface area (Å²) >= 11 is 0. The van der Waals surface area contributed by atoms with Gasteiger partial charge in [-0.15, -0.1) is 10.2 Å². The molecule has 3 aromatic rings. The summed E-state index contributed by atoms with van der Waals surface area (Å²) in [6.07, 6.45) is 5.29. The lowest BCUT2D eigenvalue weighted by atomic mass is 10.2. The van der Waals surface area contributed by atoms with Crippen LogP contribution in [0, 0.1) is 0 Å². The van der Waals surface area contributed by atoms with Crippen LogP contribution in [0.15, 0.2) is 42.9 Å². The van der Waals surface area contributed by atoms with Gasteiger partial charge in [-0.05, 0) is 37.1 Å². The highest BCUT2D eigenvalue weighted by atomic mass is 16.2. The van der Waals surface area contributed by atoms with Crippen LogP contribution in [-0.2, 0) is 0 Å². The van der Waals surface area contributed by atoms with Crippen molar-refractivity contribution in [3.05, 3.63) is 54.2 Å². The van der Waals surface area contributed by atoms with Crippen LogP contribution in [0.5, 0.6) is 0 Å². The van der Waals surface area contributed by atoms with Crippen LogP contribution in [0.3, 0.4) is 0 Å². The van der Waals surface area contributed by atoms with Crippen LogP contribution < -0.4 is 5.32 Å². The third-order valence-corrected chi connectivity index (χ3v) is 4.14. The fraction of sp³-hybridized carbons (Fsp3) is 0.235. The molecule has 0 saturated carbocycles. The molecule has 25 heavy (non-hydrogen) atoms. The average Bonchev–Trinajstić information content (AvgIpc) is 3.32. The summed E-state index contributed by atoms with van der Waals surface area (Å²) in [6.45, 7) is 1.49. The average molecular weight is 336 g/mol. The zero-order chi connectivity index (χ0) is 17.2. The predicted molar refractivity (Wildman–Crippen MR) is 90.3 cm³/mol. The van der Waals surface area contributed by atoms with Gasteiger partial charge in [0.2, 0.25) is 0 Å². The van der Waals surface area contributed by atoms with Crippen molar-refractivity contribution in [3.63, 3.8) is 0 Å². The van der Waals surface area contributed by atoms with E-state index in [1.165, 1.54) is 0 Å². The smallest absolute Gasteiger partial charge is 0.274 e. The van der Waals surface area contributed by atoms with E-state index in [-0.39, 0.29) is 17.5 Å². The molecule has 0 radical (unpaired) electrons. The number of carbonyl (C=O) groups is 2. The lowest BCUT2D eigenvalue weighted by Crippen LogP contribution is -2.29. The van der Waals surface area contributed by atoms with Crippen LogP contribution in [0.4, 0.5) is 5.69 Å². The zero-order valence-electron chi connectivity index (χ0n) is 13.4. The van der Waals surface area contributed by atoms with E-state index >= 15 is 0 Å². The first-order valence-electron chi connectivity index (χ1n) is 8.08. The maximum Gasteiger partial charge on any atom is 0.274 e. The molecule has 1 N–H and O–H groups in total. The summed E-state index contributed by atoms with van der Waals surface area (Å²) in [5, 5.41) is 10.5. The molecular weight excluding hydrogens is 320 g/mol. The molecule has 1 saturated heterocycles. The molecule has 8 heteroatoms. The molecular formula is C17H16N6O2. The summed E-state index contributed by atoms with van der Waals surface area (Å²) in [5.74, 6) is -0.499. The molecule has 4 rings (SSSR count). The Kier molecular flexibility index (Phi) is 3.85. The molecule has 0 spiro atoms. The molecule has 8 nitrogen and oxygen atoms in total. The highest BCUT2D eigenvalue weighted by Gasteiger charge is 2.21. The Labute approximate surface area is 143 Å². The van der Waals surface area contributed by atoms with Gasteiger partial charge < -0.3 is 10.2 Å². The summed E-state index contributed by atoms with van der Waals surface area (Å²) < 4.78 is 1.70. The minimum atomic E-state index is -0.372. The number of amides is 2. The number of anilines is 1. The van der Waals surface area contributed by atoms with Crippen molar-refractivity contribution in [2.24, 2.45) is 0 Å². The van der Waals surface area contributed by atoms with Gasteiger partial charge in [-0.3, -0.25) is 14.0 Å². The molecule has 126 valence electrons. The number of fused-ring (bicyclic) bond motifs is 1. The summed E-state index contributed by atoms with van der Waals surface area (Å²) in [4.78, 5) is 30.9. The molecule has 3 aromatic heterocycles. The minimum Gasteiger partial charge on any atom is -0.337 e. The number of rotatable bonds is 3. The molecule has 0 aromatic carbocycles. The van der Waals surface area contributed by atoms with Crippen LogP contribution in [0.25, 0.3) is 5.65 Å². The highest BCUT2D eigenvalue weighted by Crippen LogP contribution is 2.13. The molecule has 0 aliphatic carbocycles. The zero-order valence-corrected chi connectivity index (χ0v) is 13.4. The van der Waals surface area contributed by atoms with Crippen molar-refractivity contribution in [2.45, 2.75) is 12.8 Å². The number of nitrogens with one attached hydrogen (secondary N) is 1. The molecule has 0 bridgehead atoms. The Morgan fingerprint density at radius 3 is 2.68 bits per heavy atom. The molecule has 0 atom stereocenters. The highest BCUT2D eigenvalue weighted by molar-refractivity contribution is 6.03. The van der Waals surface area contributed by atoms with Gasteiger partial charge in [0.1, 0.15) is 17.7 Å². The fourth-order valence-corrected chi connectivity index (χ4v) is 2.86. The number of pyridine rings is 2. The van der Waals surface area contributed by atoms with Gasteiger partial charge >= 0.3 is 0 Å². The van der Waals surface area contributed by atoms with Gasteiger partial charge in [0, 0.05) is 19.3 Å². The van der Waals surface area contributed by atoms with Gasteiger partial charge in [-0.1, -0.05) is 6.07 Å². The Morgan fingerprint density at radius 2 is 1.84 bits per heavy atom. The largest absolute Gasteiger partial charge is 0.337 e. The van der Waals surface area contributed by atoms with Crippen molar-refractivity contribution in [2.75, 3.05) is 18.4 Å². The number of hydrogen-bond donors (Lipinski definition) is 1. The number of likely N-dealkylation sites (tertiary alicyclic amines) is 1. The topological polar surface area (TPSA) is 92.5 Å². The number of nitrogens with zero attached hydrogens (tertiary/aromatic N) is 5. The second kappa shape index (κ2) is 6.31. The van der Waals surface area contributed by atoms with E-state index in [1.807, 2.05) is 0 Å². The number of hydrogen-bond acceptors (Lipinski definition) is 5. The minimum absolute atomic E-state index is 0.127. The maximum atomic E-state index is 12.4. The second-order valence-electron chi connectivity index (χ2n) is 5.88. The van der Waals surface area contributed by atoms with Crippen LogP contribution in [0.2, 0.25) is 0 Å². The number of carbonyl (C=O) groups excluding carboxylic acids is 2. The van der Waals surface area contributed by atoms with Crippen molar-refractivity contribution in [3.8, 4) is 0 Å². The van der Waals surface area contributed by atoms with Crippen LogP contribution in [-0.4, -0.2) is 49.4 Å². The van der Waals surface area contributed by atoms with E-state index in [1.54, 1.807) is 52.2 Å². The van der Waals surface area contributed by atoms with Gasteiger partial charge in [-0.25, -0.2) is 4.98 Å². The van der Waals surface area contributed by atoms with Gasteiger partial charge in [-0.2, -0.15) is 0 Å². The first-order chi connectivity index (χ1) is 12.2. The normalized spacial score (nSPS) is 14.0. The van der Waals surface area contributed by atoms with E-state index in [2.05, 4.69) is 20.5 Å². The van der Waals surface area contributed by atoms with Crippen molar-refractivity contribution in [1.82, 2.24) is 24.5 Å². The van der Waals surface area contributed by atoms with E-state index in [9.17, 15) is 9.59 Å². The molecule has 1 fully saturated rings. The quantitative estimate of drug-likeness (QED) is 0.784. The molecule has 2 amide bonds. The van der Waals surface area contributed by atoms with E-state index < -0.39 is 0 Å². The third kappa shape index (κ3) is 3.06. The van der Waals surface area contributed by atoms with Crippen LogP contribution >= 0.6 is 0 Å². The van der Waals surface area contributed by atoms with E-state index in [4.69, 9.17) is 0 Å². The molecule has 1 aliphatic rings. The van der Waals surface area contributed by atoms with Gasteiger partial charge in [0.15, 0.2) is 5.65 Å². The number of aromatic nitrogens is 4. The fourth-order valence-electron chi connectivity index (χ4n) is 2.86. The van der Waals surface area contributed by atoms with E-state index in [0.717, 1.165) is 25.9 Å². The first-order valence-corrected chi connectivity index (χ1v) is 8.08. The van der Waals surface area contributed by atoms with Crippen molar-refractivity contribution < 1.29 is 9.59 Å². The third-order valence-electron chi connectivity index (χ3n) is 4.14. The Hall–Kier alpha value is -3.29. The Balaban J connectivity index is 1.53. The lowest BCUT2D eigenvalue weighted by molar-refractivity contribution is 0.0787. The van der Waals surface area contributed by atoms with Gasteiger partial charge in [0.05, 0.1) is 5.69 Å². The molecule has 1 aliphatic heterocycles. The maximum absolute atomic E-state index is 12.4. The lowest BCUT2D eigenvalue weighted by Gasteiger charge is -2.14. The van der Waals surface area contributed by atoms with Crippen molar-refractivity contribution in [1.29, 1.82) is 0 Å². The molecule has 4 heterocycles. The monoisotopic (exact) mass is 336 g/mol. The first kappa shape index (κ1) is 15.3. The van der Waals surface area contributed by atoms with Gasteiger partial charge in [0.25, 0.3) is 11.8 Å². The van der Waals surface area contributed by atoms with Crippen LogP contribution in [0.1, 0.15) is 33.8 Å². The Morgan fingerprint density at radius 1 is 1.04 bits per heavy atom. The summed E-state index contributed by atoms with van der Waals surface area (Å²) in [6, 6.07) is 8.40. The molecule has 0 unspecified atom stereocenters. The van der Waals surface area contributed by atoms with Crippen molar-refractivity contribution >= 4 is 23.1 Å². The predicted octanol–water partition coefficient (Wildman–Crippen LogP) is 1.61. The summed E-state index contributed by atoms with van der Waals surface area (Å²) in [5.41, 5.74) is 1.78. The standard InChI is InChI=1S/C17H16N6O2/c24-16(19-12-6-7-15-21-18-11-23(15)10-12)13-4-3-5-14(20-13)17(25)22-8-1-2-9-22/h3-7,10-11H,1-2,8-9H2,(H,19,24). The Bertz CT molecular complexity index is 945. The summed E-state index contributed by atoms with van der Waals surface area (Å²) in [7, 11) is 0. The second-order valence-corrected chi connectivity index (χ2v) is 5.88. The SMILES string of the molecule is O=C(Nc1ccc2nncn2c1)c1cccc(C(=O)N2CCCC2)n1. The van der Waals surface area contributed by atoms with E-state index in [0.29, 0.717) is 17.0 Å².